The molecule has 3 N–H and O–H groups in total. The van der Waals surface area contributed by atoms with Crippen molar-refractivity contribution >= 4 is 5.91 Å². The summed E-state index contributed by atoms with van der Waals surface area (Å²) in [5.74, 6) is -0.0871. The van der Waals surface area contributed by atoms with E-state index in [0.717, 1.165) is 0 Å². The Bertz CT molecular complexity index is 466. The molecule has 0 aliphatic carbocycles. The fourth-order valence-electron chi connectivity index (χ4n) is 1.79. The van der Waals surface area contributed by atoms with E-state index in [1.807, 2.05) is 13.8 Å². The van der Waals surface area contributed by atoms with E-state index in [9.17, 15) is 14.7 Å². The van der Waals surface area contributed by atoms with Crippen molar-refractivity contribution in [2.75, 3.05) is 6.54 Å². The van der Waals surface area contributed by atoms with Crippen LogP contribution in [-0.4, -0.2) is 28.6 Å². The SMILES string of the molecule is Cc1cc[nH]c(=O)c1C(=O)NCC(O)CC(C)C. The van der Waals surface area contributed by atoms with Crippen LogP contribution in [0.5, 0.6) is 0 Å². The molecule has 0 aliphatic heterocycles. The first-order chi connectivity index (χ1) is 8.41. The zero-order valence-electron chi connectivity index (χ0n) is 11.0. The lowest BCUT2D eigenvalue weighted by Gasteiger charge is -2.14. The van der Waals surface area contributed by atoms with Crippen LogP contribution in [0.4, 0.5) is 0 Å². The van der Waals surface area contributed by atoms with Crippen molar-refractivity contribution in [2.24, 2.45) is 5.92 Å². The molecule has 1 aromatic rings. The van der Waals surface area contributed by atoms with E-state index in [2.05, 4.69) is 10.3 Å². The largest absolute Gasteiger partial charge is 0.391 e. The molecule has 0 bridgehead atoms. The molecule has 0 aliphatic rings. The Labute approximate surface area is 106 Å². The van der Waals surface area contributed by atoms with Gasteiger partial charge in [0, 0.05) is 12.7 Å². The highest BCUT2D eigenvalue weighted by Crippen LogP contribution is 2.04. The number of carbonyl (C=O) groups is 1. The van der Waals surface area contributed by atoms with Gasteiger partial charge in [-0.1, -0.05) is 13.8 Å². The molecule has 5 nitrogen and oxygen atoms in total. The molecule has 0 saturated carbocycles. The number of aromatic nitrogens is 1. The minimum Gasteiger partial charge on any atom is -0.391 e. The molecular formula is C13H20N2O3. The normalized spacial score (nSPS) is 12.5. The van der Waals surface area contributed by atoms with Crippen LogP contribution < -0.4 is 10.9 Å². The fourth-order valence-corrected chi connectivity index (χ4v) is 1.79. The van der Waals surface area contributed by atoms with Crippen LogP contribution in [0.15, 0.2) is 17.1 Å². The van der Waals surface area contributed by atoms with Gasteiger partial charge < -0.3 is 15.4 Å². The molecule has 100 valence electrons. The Morgan fingerprint density at radius 3 is 2.72 bits per heavy atom. The quantitative estimate of drug-likeness (QED) is 0.725. The second kappa shape index (κ2) is 6.35. The summed E-state index contributed by atoms with van der Waals surface area (Å²) < 4.78 is 0. The molecule has 1 aromatic heterocycles. The maximum absolute atomic E-state index is 11.8. The summed E-state index contributed by atoms with van der Waals surface area (Å²) >= 11 is 0. The predicted molar refractivity (Wildman–Crippen MR) is 69.6 cm³/mol. The van der Waals surface area contributed by atoms with Crippen LogP contribution in [-0.2, 0) is 0 Å². The lowest BCUT2D eigenvalue weighted by atomic mass is 10.1. The van der Waals surface area contributed by atoms with Crippen molar-refractivity contribution in [3.63, 3.8) is 0 Å². The second-order valence-electron chi connectivity index (χ2n) is 4.86. The Balaban J connectivity index is 2.64. The van der Waals surface area contributed by atoms with Gasteiger partial charge in [-0.05, 0) is 30.9 Å². The summed E-state index contributed by atoms with van der Waals surface area (Å²) in [4.78, 5) is 25.8. The first-order valence-electron chi connectivity index (χ1n) is 6.06. The van der Waals surface area contributed by atoms with Gasteiger partial charge in [0.05, 0.1) is 6.10 Å². The summed E-state index contributed by atoms with van der Waals surface area (Å²) in [5.41, 5.74) is 0.315. The van der Waals surface area contributed by atoms with Gasteiger partial charge in [0.1, 0.15) is 5.56 Å². The Kier molecular flexibility index (Phi) is 5.09. The van der Waals surface area contributed by atoms with Gasteiger partial charge in [-0.3, -0.25) is 9.59 Å². The van der Waals surface area contributed by atoms with E-state index in [4.69, 9.17) is 0 Å². The molecular weight excluding hydrogens is 232 g/mol. The fraction of sp³-hybridized carbons (Fsp3) is 0.538. The number of pyridine rings is 1. The first-order valence-corrected chi connectivity index (χ1v) is 6.06. The number of rotatable bonds is 5. The van der Waals surface area contributed by atoms with E-state index in [1.165, 1.54) is 6.20 Å². The van der Waals surface area contributed by atoms with E-state index < -0.39 is 17.6 Å². The highest BCUT2D eigenvalue weighted by molar-refractivity contribution is 5.95. The third kappa shape index (κ3) is 4.00. The highest BCUT2D eigenvalue weighted by Gasteiger charge is 2.15. The van der Waals surface area contributed by atoms with Gasteiger partial charge in [0.15, 0.2) is 0 Å². The average Bonchev–Trinajstić information content (AvgIpc) is 2.25. The Morgan fingerprint density at radius 1 is 1.50 bits per heavy atom. The van der Waals surface area contributed by atoms with Crippen LogP contribution in [0.1, 0.15) is 36.2 Å². The summed E-state index contributed by atoms with van der Waals surface area (Å²) in [7, 11) is 0. The van der Waals surface area contributed by atoms with E-state index in [-0.39, 0.29) is 12.1 Å². The molecule has 0 aromatic carbocycles. The minimum absolute atomic E-state index is 0.106. The van der Waals surface area contributed by atoms with E-state index >= 15 is 0 Å². The maximum atomic E-state index is 11.8. The number of nitrogens with one attached hydrogen (secondary N) is 2. The number of carbonyl (C=O) groups excluding carboxylic acids is 1. The lowest BCUT2D eigenvalue weighted by molar-refractivity contribution is 0.0898. The van der Waals surface area contributed by atoms with Crippen LogP contribution >= 0.6 is 0 Å². The Morgan fingerprint density at radius 2 is 2.17 bits per heavy atom. The molecule has 0 radical (unpaired) electrons. The minimum atomic E-state index is -0.586. The van der Waals surface area contributed by atoms with E-state index in [0.29, 0.717) is 17.9 Å². The molecule has 0 saturated heterocycles. The van der Waals surface area contributed by atoms with Crippen molar-refractivity contribution in [2.45, 2.75) is 33.3 Å². The molecule has 1 atom stereocenters. The van der Waals surface area contributed by atoms with Crippen molar-refractivity contribution in [3.05, 3.63) is 33.7 Å². The average molecular weight is 252 g/mol. The number of amides is 1. The number of hydrogen-bond donors (Lipinski definition) is 3. The zero-order chi connectivity index (χ0) is 13.7. The van der Waals surface area contributed by atoms with Crippen molar-refractivity contribution < 1.29 is 9.90 Å². The highest BCUT2D eigenvalue weighted by atomic mass is 16.3. The van der Waals surface area contributed by atoms with Crippen LogP contribution in [0.2, 0.25) is 0 Å². The van der Waals surface area contributed by atoms with Gasteiger partial charge in [-0.25, -0.2) is 0 Å². The van der Waals surface area contributed by atoms with Crippen molar-refractivity contribution in [1.82, 2.24) is 10.3 Å². The molecule has 1 amide bonds. The number of aliphatic hydroxyl groups excluding tert-OH is 1. The summed E-state index contributed by atoms with van der Waals surface area (Å²) in [6.07, 6.45) is 1.53. The van der Waals surface area contributed by atoms with Gasteiger partial charge in [-0.15, -0.1) is 0 Å². The number of aliphatic hydroxyl groups is 1. The Hall–Kier alpha value is -1.62. The van der Waals surface area contributed by atoms with Crippen LogP contribution in [0.3, 0.4) is 0 Å². The molecule has 5 heteroatoms. The van der Waals surface area contributed by atoms with Crippen LogP contribution in [0, 0.1) is 12.8 Å². The van der Waals surface area contributed by atoms with Crippen LogP contribution in [0.25, 0.3) is 0 Å². The maximum Gasteiger partial charge on any atom is 0.261 e. The number of aromatic amines is 1. The standard InChI is InChI=1S/C13H20N2O3/c1-8(2)6-10(16)7-15-13(18)11-9(3)4-5-14-12(11)17/h4-5,8,10,16H,6-7H2,1-3H3,(H,14,17)(H,15,18). The second-order valence-corrected chi connectivity index (χ2v) is 4.86. The van der Waals surface area contributed by atoms with Crippen molar-refractivity contribution in [1.29, 1.82) is 0 Å². The number of H-pyrrole nitrogens is 1. The summed E-state index contributed by atoms with van der Waals surface area (Å²) in [6.45, 7) is 5.85. The molecule has 0 fully saturated rings. The molecule has 1 rings (SSSR count). The van der Waals surface area contributed by atoms with Crippen molar-refractivity contribution in [3.8, 4) is 0 Å². The van der Waals surface area contributed by atoms with Gasteiger partial charge in [0.25, 0.3) is 11.5 Å². The van der Waals surface area contributed by atoms with Gasteiger partial charge in [0.2, 0.25) is 0 Å². The monoisotopic (exact) mass is 252 g/mol. The third-order valence-electron chi connectivity index (χ3n) is 2.64. The molecule has 1 heterocycles. The molecule has 18 heavy (non-hydrogen) atoms. The number of aryl methyl sites for hydroxylation is 1. The number of hydrogen-bond acceptors (Lipinski definition) is 3. The molecule has 0 spiro atoms. The molecule has 1 unspecified atom stereocenters. The van der Waals surface area contributed by atoms with Gasteiger partial charge >= 0.3 is 0 Å². The summed E-state index contributed by atoms with van der Waals surface area (Å²) in [5, 5.41) is 12.2. The zero-order valence-corrected chi connectivity index (χ0v) is 11.0. The summed E-state index contributed by atoms with van der Waals surface area (Å²) in [6, 6.07) is 1.67. The predicted octanol–water partition coefficient (Wildman–Crippen LogP) is 0.820. The first kappa shape index (κ1) is 14.4. The smallest absolute Gasteiger partial charge is 0.261 e. The third-order valence-corrected chi connectivity index (χ3v) is 2.64. The lowest BCUT2D eigenvalue weighted by Crippen LogP contribution is -2.36. The topological polar surface area (TPSA) is 82.2 Å². The van der Waals surface area contributed by atoms with Gasteiger partial charge in [-0.2, -0.15) is 0 Å². The van der Waals surface area contributed by atoms with E-state index in [1.54, 1.807) is 13.0 Å².